The highest BCUT2D eigenvalue weighted by Crippen LogP contribution is 2.43. The van der Waals surface area contributed by atoms with E-state index in [-0.39, 0.29) is 38.6 Å². The Labute approximate surface area is 486 Å². The minimum atomic E-state index is -4.39. The first-order valence-electron chi connectivity index (χ1n) is 32.4. The van der Waals surface area contributed by atoms with Gasteiger partial charge in [0.25, 0.3) is 0 Å². The van der Waals surface area contributed by atoms with Crippen LogP contribution in [0.4, 0.5) is 0 Å². The van der Waals surface area contributed by atoms with Gasteiger partial charge in [-0.1, -0.05) is 277 Å². The number of unbranched alkanes of at least 4 members (excludes halogenated alkanes) is 29. The fourth-order valence-corrected chi connectivity index (χ4v) is 9.65. The second-order valence-corrected chi connectivity index (χ2v) is 22.7. The van der Waals surface area contributed by atoms with Crippen LogP contribution in [0, 0.1) is 0 Å². The Bertz CT molecular complexity index is 1660. The number of phosphoric ester groups is 1. The van der Waals surface area contributed by atoms with E-state index in [1.807, 2.05) is 0 Å². The van der Waals surface area contributed by atoms with Crippen LogP contribution in [0.5, 0.6) is 0 Å². The van der Waals surface area contributed by atoms with E-state index in [0.29, 0.717) is 6.42 Å². The highest BCUT2D eigenvalue weighted by molar-refractivity contribution is 7.47. The van der Waals surface area contributed by atoms with Gasteiger partial charge >= 0.3 is 19.8 Å². The van der Waals surface area contributed by atoms with Gasteiger partial charge in [0.05, 0.1) is 13.2 Å². The lowest BCUT2D eigenvalue weighted by atomic mass is 10.0. The highest BCUT2D eigenvalue weighted by Gasteiger charge is 2.26. The first-order valence-corrected chi connectivity index (χ1v) is 33.9. The van der Waals surface area contributed by atoms with Gasteiger partial charge in [0.15, 0.2) is 6.10 Å². The Morgan fingerprint density at radius 2 is 0.696 bits per heavy atom. The van der Waals surface area contributed by atoms with E-state index in [9.17, 15) is 19.0 Å². The van der Waals surface area contributed by atoms with Crippen molar-refractivity contribution in [3.63, 3.8) is 0 Å². The molecule has 2 atom stereocenters. The van der Waals surface area contributed by atoms with Crippen LogP contribution in [-0.4, -0.2) is 49.3 Å². The van der Waals surface area contributed by atoms with Crippen molar-refractivity contribution in [2.45, 2.75) is 290 Å². The number of esters is 2. The predicted molar refractivity (Wildman–Crippen MR) is 339 cm³/mol. The number of carbonyl (C=O) groups excluding carboxylic acids is 2. The normalized spacial score (nSPS) is 13.7. The molecular formula is C69H120NO8P. The zero-order chi connectivity index (χ0) is 57.3. The number of hydrogen-bond donors (Lipinski definition) is 2. The number of nitrogens with two attached hydrogens (primary N) is 1. The summed E-state index contributed by atoms with van der Waals surface area (Å²) in [6.07, 6.45) is 87.4. The molecule has 3 N–H and O–H groups in total. The standard InChI is InChI=1S/C69H120NO8P/c1-3-5-7-9-11-13-15-17-19-21-22-23-24-25-26-27-28-29-30-31-32-33-34-35-36-37-38-39-40-41-42-43-44-46-48-50-52-54-56-58-60-62-69(72)78-67(66-77-79(73,74)76-64-63-70)65-75-68(71)61-59-57-55-53-51-49-47-45-20-18-16-14-12-10-8-6-4-2/h5,7,11-14,17-20,22-23,25-26,28-29,31-32,67H,3-4,6,8-10,15-16,21,24,27,30,33-66,70H2,1-2H3,(H,73,74)/b7-5-,13-11-,14-12-,19-17-,20-18-,23-22-,26-25-,29-28-,32-31-. The smallest absolute Gasteiger partial charge is 0.462 e. The van der Waals surface area contributed by atoms with E-state index in [1.54, 1.807) is 0 Å². The van der Waals surface area contributed by atoms with Crippen LogP contribution in [0.3, 0.4) is 0 Å². The minimum Gasteiger partial charge on any atom is -0.462 e. The molecule has 0 amide bonds. The van der Waals surface area contributed by atoms with Crippen molar-refractivity contribution in [1.29, 1.82) is 0 Å². The molecule has 0 spiro atoms. The number of rotatable bonds is 60. The molecule has 454 valence electrons. The molecule has 9 nitrogen and oxygen atoms in total. The van der Waals surface area contributed by atoms with Crippen molar-refractivity contribution < 1.29 is 37.6 Å². The highest BCUT2D eigenvalue weighted by atomic mass is 31.2. The fourth-order valence-electron chi connectivity index (χ4n) is 8.88. The van der Waals surface area contributed by atoms with Gasteiger partial charge in [-0.25, -0.2) is 4.57 Å². The molecule has 0 aliphatic rings. The lowest BCUT2D eigenvalue weighted by molar-refractivity contribution is -0.161. The third-order valence-corrected chi connectivity index (χ3v) is 14.6. The fraction of sp³-hybridized carbons (Fsp3) is 0.710. The summed E-state index contributed by atoms with van der Waals surface area (Å²) in [6.45, 7) is 3.61. The van der Waals surface area contributed by atoms with Gasteiger partial charge in [-0.15, -0.1) is 0 Å². The summed E-state index contributed by atoms with van der Waals surface area (Å²) in [5.74, 6) is -0.831. The Kier molecular flexibility index (Phi) is 61.2. The zero-order valence-electron chi connectivity index (χ0n) is 50.8. The van der Waals surface area contributed by atoms with E-state index < -0.39 is 26.5 Å². The average molecular weight is 1120 g/mol. The maximum absolute atomic E-state index is 12.7. The van der Waals surface area contributed by atoms with Crippen LogP contribution < -0.4 is 5.73 Å². The summed E-state index contributed by atoms with van der Waals surface area (Å²) >= 11 is 0. The third kappa shape index (κ3) is 63.7. The Morgan fingerprint density at radius 3 is 1.04 bits per heavy atom. The van der Waals surface area contributed by atoms with Crippen LogP contribution in [0.2, 0.25) is 0 Å². The molecule has 0 aliphatic carbocycles. The van der Waals surface area contributed by atoms with E-state index in [2.05, 4.69) is 123 Å². The molecule has 0 aromatic rings. The van der Waals surface area contributed by atoms with Gasteiger partial charge in [0.1, 0.15) is 6.61 Å². The van der Waals surface area contributed by atoms with Crippen molar-refractivity contribution in [3.8, 4) is 0 Å². The molecule has 0 saturated heterocycles. The van der Waals surface area contributed by atoms with Crippen molar-refractivity contribution in [3.05, 3.63) is 109 Å². The van der Waals surface area contributed by atoms with Crippen LogP contribution in [-0.2, 0) is 32.7 Å². The topological polar surface area (TPSA) is 134 Å². The minimum absolute atomic E-state index is 0.0499. The molecular weight excluding hydrogens is 1000 g/mol. The summed E-state index contributed by atoms with van der Waals surface area (Å²) in [5.41, 5.74) is 5.39. The Balaban J connectivity index is 3.84. The van der Waals surface area contributed by atoms with Crippen LogP contribution >= 0.6 is 7.82 Å². The van der Waals surface area contributed by atoms with Gasteiger partial charge in [0.2, 0.25) is 0 Å². The molecule has 0 bridgehead atoms. The second kappa shape index (κ2) is 63.8. The summed E-state index contributed by atoms with van der Waals surface area (Å²) in [7, 11) is -4.39. The molecule has 0 heterocycles. The maximum atomic E-state index is 12.7. The van der Waals surface area contributed by atoms with Crippen molar-refractivity contribution in [1.82, 2.24) is 0 Å². The molecule has 2 unspecified atom stereocenters. The first-order chi connectivity index (χ1) is 38.8. The third-order valence-electron chi connectivity index (χ3n) is 13.6. The van der Waals surface area contributed by atoms with Gasteiger partial charge in [-0.2, -0.15) is 0 Å². The molecule has 0 aromatic heterocycles. The Morgan fingerprint density at radius 1 is 0.392 bits per heavy atom. The summed E-state index contributed by atoms with van der Waals surface area (Å²) < 4.78 is 33.1. The maximum Gasteiger partial charge on any atom is 0.472 e. The molecule has 0 rings (SSSR count). The van der Waals surface area contributed by atoms with Crippen LogP contribution in [0.25, 0.3) is 0 Å². The Hall–Kier alpha value is -3.33. The molecule has 0 aromatic carbocycles. The van der Waals surface area contributed by atoms with E-state index >= 15 is 0 Å². The molecule has 10 heteroatoms. The molecule has 79 heavy (non-hydrogen) atoms. The van der Waals surface area contributed by atoms with Crippen molar-refractivity contribution >= 4 is 19.8 Å². The van der Waals surface area contributed by atoms with E-state index in [4.69, 9.17) is 24.3 Å². The largest absolute Gasteiger partial charge is 0.472 e. The van der Waals surface area contributed by atoms with Gasteiger partial charge in [-0.3, -0.25) is 18.6 Å². The quantitative estimate of drug-likeness (QED) is 0.0264. The number of allylic oxidation sites excluding steroid dienone is 18. The van der Waals surface area contributed by atoms with Crippen molar-refractivity contribution in [2.75, 3.05) is 26.4 Å². The summed E-state index contributed by atoms with van der Waals surface area (Å²) in [5, 5.41) is 0. The molecule has 0 saturated carbocycles. The lowest BCUT2D eigenvalue weighted by Crippen LogP contribution is -2.29. The first kappa shape index (κ1) is 75.7. The van der Waals surface area contributed by atoms with E-state index in [0.717, 1.165) is 103 Å². The number of phosphoric acid groups is 1. The number of carbonyl (C=O) groups is 2. The average Bonchev–Trinajstić information content (AvgIpc) is 3.44. The summed E-state index contributed by atoms with van der Waals surface area (Å²) in [6, 6.07) is 0. The molecule has 0 radical (unpaired) electrons. The lowest BCUT2D eigenvalue weighted by Gasteiger charge is -2.19. The number of hydrogen-bond acceptors (Lipinski definition) is 8. The second-order valence-electron chi connectivity index (χ2n) is 21.2. The molecule has 0 fully saturated rings. The van der Waals surface area contributed by atoms with Crippen LogP contribution in [0.1, 0.15) is 284 Å². The van der Waals surface area contributed by atoms with E-state index in [1.165, 1.54) is 148 Å². The monoisotopic (exact) mass is 1120 g/mol. The van der Waals surface area contributed by atoms with Gasteiger partial charge < -0.3 is 20.1 Å². The summed E-state index contributed by atoms with van der Waals surface area (Å²) in [4.78, 5) is 35.2. The van der Waals surface area contributed by atoms with Gasteiger partial charge in [-0.05, 0) is 103 Å². The van der Waals surface area contributed by atoms with Crippen LogP contribution in [0.15, 0.2) is 109 Å². The molecule has 0 aliphatic heterocycles. The van der Waals surface area contributed by atoms with Gasteiger partial charge in [0, 0.05) is 19.4 Å². The van der Waals surface area contributed by atoms with Crippen molar-refractivity contribution in [2.24, 2.45) is 5.73 Å². The zero-order valence-corrected chi connectivity index (χ0v) is 51.7. The predicted octanol–water partition coefficient (Wildman–Crippen LogP) is 21.0. The number of ether oxygens (including phenoxy) is 2. The SMILES string of the molecule is CC/C=C\C/C=C\C/C=C\C/C=C\C/C=C\C/C=C\C/C=C\CCCCCCCCCCCCCCCCCCCCCC(=O)OC(COC(=O)CCCCCCCCC/C=C\C/C=C\CCCCC)COP(=O)(O)OCCN.